The third-order valence-electron chi connectivity index (χ3n) is 3.89. The molecule has 1 heterocycles. The summed E-state index contributed by atoms with van der Waals surface area (Å²) in [5.41, 5.74) is 1.22. The van der Waals surface area contributed by atoms with Gasteiger partial charge in [-0.2, -0.15) is 0 Å². The van der Waals surface area contributed by atoms with Gasteiger partial charge in [-0.1, -0.05) is 36.0 Å². The Bertz CT molecular complexity index is 832. The fourth-order valence-corrected chi connectivity index (χ4v) is 3.38. The first-order valence-corrected chi connectivity index (χ1v) is 8.24. The summed E-state index contributed by atoms with van der Waals surface area (Å²) in [6, 6.07) is 12.5. The van der Waals surface area contributed by atoms with E-state index in [1.165, 1.54) is 10.9 Å². The number of thioether (sulfide) groups is 1. The maximum atomic E-state index is 9.20. The lowest BCUT2D eigenvalue weighted by molar-refractivity contribution is 0.266. The van der Waals surface area contributed by atoms with Crippen LogP contribution in [0.25, 0.3) is 10.8 Å². The van der Waals surface area contributed by atoms with E-state index in [0.717, 1.165) is 16.3 Å². The number of aliphatic hydroxyl groups excluding tert-OH is 1. The average molecular weight is 329 g/mol. The number of ether oxygens (including phenoxy) is 1. The van der Waals surface area contributed by atoms with Crippen molar-refractivity contribution < 1.29 is 9.84 Å². The van der Waals surface area contributed by atoms with Gasteiger partial charge in [0.2, 0.25) is 0 Å². The molecular weight excluding hydrogens is 310 g/mol. The van der Waals surface area contributed by atoms with Gasteiger partial charge in [-0.15, -0.1) is 10.2 Å². The number of methoxy groups -OCH3 is 1. The quantitative estimate of drug-likeness (QED) is 0.728. The minimum Gasteiger partial charge on any atom is -0.497 e. The van der Waals surface area contributed by atoms with Gasteiger partial charge >= 0.3 is 0 Å². The van der Waals surface area contributed by atoms with Gasteiger partial charge in [0, 0.05) is 12.3 Å². The second kappa shape index (κ2) is 6.60. The molecule has 1 N–H and O–H groups in total. The summed E-state index contributed by atoms with van der Waals surface area (Å²) in [5.74, 6) is 1.44. The van der Waals surface area contributed by atoms with Gasteiger partial charge in [0.15, 0.2) is 11.0 Å². The van der Waals surface area contributed by atoms with Gasteiger partial charge in [0.1, 0.15) is 12.4 Å². The van der Waals surface area contributed by atoms with E-state index in [2.05, 4.69) is 41.4 Å². The van der Waals surface area contributed by atoms with Crippen LogP contribution in [0.5, 0.6) is 5.75 Å². The van der Waals surface area contributed by atoms with Crippen LogP contribution in [-0.4, -0.2) is 27.0 Å². The molecule has 1 aromatic heterocycles. The molecule has 2 aromatic carbocycles. The number of rotatable bonds is 5. The van der Waals surface area contributed by atoms with Crippen molar-refractivity contribution in [1.29, 1.82) is 0 Å². The Labute approximate surface area is 139 Å². The lowest BCUT2D eigenvalue weighted by atomic mass is 10.1. The van der Waals surface area contributed by atoms with Crippen molar-refractivity contribution in [1.82, 2.24) is 14.8 Å². The number of nitrogens with zero attached hydrogens (tertiary/aromatic N) is 3. The predicted molar refractivity (Wildman–Crippen MR) is 91.7 cm³/mol. The topological polar surface area (TPSA) is 60.2 Å². The van der Waals surface area contributed by atoms with E-state index in [9.17, 15) is 5.11 Å². The van der Waals surface area contributed by atoms with Gasteiger partial charge < -0.3 is 14.4 Å². The van der Waals surface area contributed by atoms with Crippen LogP contribution in [0.2, 0.25) is 0 Å². The standard InChI is InChI=1S/C17H19N3O2S/c1-11(23-17-19-18-16(10-21)20(17)2)12-4-5-14-9-15(22-3)7-6-13(14)8-12/h4-9,11,21H,10H2,1-3H3. The number of benzene rings is 2. The Morgan fingerprint density at radius 3 is 2.61 bits per heavy atom. The maximum Gasteiger partial charge on any atom is 0.191 e. The fraction of sp³-hybridized carbons (Fsp3) is 0.294. The zero-order chi connectivity index (χ0) is 16.4. The largest absolute Gasteiger partial charge is 0.497 e. The molecule has 23 heavy (non-hydrogen) atoms. The van der Waals surface area contributed by atoms with Crippen molar-refractivity contribution in [2.45, 2.75) is 23.9 Å². The number of fused-ring (bicyclic) bond motifs is 1. The van der Waals surface area contributed by atoms with Crippen LogP contribution in [0.3, 0.4) is 0 Å². The first kappa shape index (κ1) is 15.8. The highest BCUT2D eigenvalue weighted by Crippen LogP contribution is 2.35. The van der Waals surface area contributed by atoms with Gasteiger partial charge in [0.05, 0.1) is 7.11 Å². The molecule has 0 saturated heterocycles. The number of hydrogen-bond acceptors (Lipinski definition) is 5. The van der Waals surface area contributed by atoms with Crippen molar-refractivity contribution in [3.05, 3.63) is 47.8 Å². The van der Waals surface area contributed by atoms with Crippen LogP contribution in [-0.2, 0) is 13.7 Å². The Balaban J connectivity index is 1.85. The highest BCUT2D eigenvalue weighted by molar-refractivity contribution is 7.99. The molecule has 120 valence electrons. The highest BCUT2D eigenvalue weighted by Gasteiger charge is 2.14. The van der Waals surface area contributed by atoms with Crippen LogP contribution < -0.4 is 4.74 Å². The lowest BCUT2D eigenvalue weighted by Crippen LogP contribution is -1.99. The molecule has 3 aromatic rings. The van der Waals surface area contributed by atoms with Crippen LogP contribution >= 0.6 is 11.8 Å². The zero-order valence-electron chi connectivity index (χ0n) is 13.4. The molecule has 1 atom stereocenters. The van der Waals surface area contributed by atoms with E-state index in [0.29, 0.717) is 5.82 Å². The van der Waals surface area contributed by atoms with Gasteiger partial charge in [-0.05, 0) is 35.4 Å². The molecular formula is C17H19N3O2S. The smallest absolute Gasteiger partial charge is 0.191 e. The molecule has 0 saturated carbocycles. The molecule has 6 heteroatoms. The average Bonchev–Trinajstić information content (AvgIpc) is 2.93. The Kier molecular flexibility index (Phi) is 4.54. The van der Waals surface area contributed by atoms with E-state index >= 15 is 0 Å². The number of aliphatic hydroxyl groups is 1. The monoisotopic (exact) mass is 329 g/mol. The fourth-order valence-electron chi connectivity index (χ4n) is 2.43. The Hall–Kier alpha value is -2.05. The summed E-state index contributed by atoms with van der Waals surface area (Å²) in [4.78, 5) is 0. The highest BCUT2D eigenvalue weighted by atomic mass is 32.2. The van der Waals surface area contributed by atoms with Crippen molar-refractivity contribution in [2.24, 2.45) is 7.05 Å². The Morgan fingerprint density at radius 2 is 1.91 bits per heavy atom. The molecule has 1 unspecified atom stereocenters. The van der Waals surface area contributed by atoms with Crippen LogP contribution in [0.4, 0.5) is 0 Å². The number of aromatic nitrogens is 3. The second-order valence-electron chi connectivity index (χ2n) is 5.35. The molecule has 0 aliphatic heterocycles. The summed E-state index contributed by atoms with van der Waals surface area (Å²) in [6.07, 6.45) is 0. The first-order valence-electron chi connectivity index (χ1n) is 7.36. The molecule has 0 aliphatic rings. The molecule has 5 nitrogen and oxygen atoms in total. The van der Waals surface area contributed by atoms with Gasteiger partial charge in [-0.3, -0.25) is 0 Å². The zero-order valence-corrected chi connectivity index (χ0v) is 14.2. The van der Waals surface area contributed by atoms with Gasteiger partial charge in [-0.25, -0.2) is 0 Å². The summed E-state index contributed by atoms with van der Waals surface area (Å²) < 4.78 is 7.09. The normalized spacial score (nSPS) is 12.5. The van der Waals surface area contributed by atoms with Crippen molar-refractivity contribution in [3.8, 4) is 5.75 Å². The molecule has 0 fully saturated rings. The van der Waals surface area contributed by atoms with Gasteiger partial charge in [0.25, 0.3) is 0 Å². The van der Waals surface area contributed by atoms with E-state index in [1.807, 2.05) is 23.7 Å². The molecule has 0 amide bonds. The summed E-state index contributed by atoms with van der Waals surface area (Å²) in [7, 11) is 3.54. The van der Waals surface area contributed by atoms with Crippen LogP contribution in [0.15, 0.2) is 41.6 Å². The van der Waals surface area contributed by atoms with Crippen molar-refractivity contribution >= 4 is 22.5 Å². The van der Waals surface area contributed by atoms with E-state index in [4.69, 9.17) is 4.74 Å². The Morgan fingerprint density at radius 1 is 1.17 bits per heavy atom. The lowest BCUT2D eigenvalue weighted by Gasteiger charge is -2.12. The van der Waals surface area contributed by atoms with E-state index < -0.39 is 0 Å². The molecule has 0 spiro atoms. The van der Waals surface area contributed by atoms with E-state index in [1.54, 1.807) is 18.9 Å². The first-order chi connectivity index (χ1) is 11.1. The number of hydrogen-bond donors (Lipinski definition) is 1. The third kappa shape index (κ3) is 3.18. The molecule has 0 radical (unpaired) electrons. The summed E-state index contributed by atoms with van der Waals surface area (Å²) in [6.45, 7) is 2.04. The van der Waals surface area contributed by atoms with E-state index in [-0.39, 0.29) is 11.9 Å². The maximum absolute atomic E-state index is 9.20. The molecule has 0 bridgehead atoms. The summed E-state index contributed by atoms with van der Waals surface area (Å²) in [5, 5.41) is 20.7. The molecule has 3 rings (SSSR count). The van der Waals surface area contributed by atoms with Crippen molar-refractivity contribution in [2.75, 3.05) is 7.11 Å². The van der Waals surface area contributed by atoms with Crippen LogP contribution in [0.1, 0.15) is 23.6 Å². The SMILES string of the molecule is COc1ccc2cc(C(C)Sc3nnc(CO)n3C)ccc2c1. The second-order valence-corrected chi connectivity index (χ2v) is 6.66. The van der Waals surface area contributed by atoms with Crippen LogP contribution in [0, 0.1) is 0 Å². The minimum atomic E-state index is -0.101. The molecule has 0 aliphatic carbocycles. The third-order valence-corrected chi connectivity index (χ3v) is 5.08. The van der Waals surface area contributed by atoms with Crippen molar-refractivity contribution in [3.63, 3.8) is 0 Å². The predicted octanol–water partition coefficient (Wildman–Crippen LogP) is 3.32. The minimum absolute atomic E-state index is 0.101. The summed E-state index contributed by atoms with van der Waals surface area (Å²) >= 11 is 1.63.